The molecule has 70 valence electrons. The van der Waals surface area contributed by atoms with E-state index in [1.54, 1.807) is 0 Å². The quantitative estimate of drug-likeness (QED) is 0.397. The van der Waals surface area contributed by atoms with Crippen molar-refractivity contribution in [3.05, 3.63) is 0 Å². The summed E-state index contributed by atoms with van der Waals surface area (Å²) in [5.74, 6) is 0.184. The van der Waals surface area contributed by atoms with E-state index in [4.69, 9.17) is 11.1 Å². The molecular formula is C8H17N3O. The predicted octanol–water partition coefficient (Wildman–Crippen LogP) is -0.232. The van der Waals surface area contributed by atoms with Crippen LogP contribution in [0.2, 0.25) is 0 Å². The number of nitrogens with two attached hydrogens (primary N) is 1. The van der Waals surface area contributed by atoms with Crippen LogP contribution in [0.5, 0.6) is 0 Å². The second kappa shape index (κ2) is 3.87. The first-order chi connectivity index (χ1) is 5.61. The lowest BCUT2D eigenvalue weighted by Crippen LogP contribution is -2.48. The highest BCUT2D eigenvalue weighted by atomic mass is 16.3. The summed E-state index contributed by atoms with van der Waals surface area (Å²) < 4.78 is 0. The van der Waals surface area contributed by atoms with Crippen molar-refractivity contribution in [1.29, 1.82) is 5.41 Å². The van der Waals surface area contributed by atoms with Crippen LogP contribution in [0.15, 0.2) is 0 Å². The molecule has 1 fully saturated rings. The molecular weight excluding hydrogens is 154 g/mol. The van der Waals surface area contributed by atoms with E-state index in [2.05, 4.69) is 4.90 Å². The summed E-state index contributed by atoms with van der Waals surface area (Å²) in [5.41, 5.74) is 5.37. The van der Waals surface area contributed by atoms with E-state index in [9.17, 15) is 5.11 Å². The third-order valence-electron chi connectivity index (χ3n) is 2.43. The molecule has 0 amide bonds. The highest BCUT2D eigenvalue weighted by Crippen LogP contribution is 2.12. The number of aliphatic hydroxyl groups is 1. The third kappa shape index (κ3) is 2.19. The summed E-state index contributed by atoms with van der Waals surface area (Å²) in [6.45, 7) is 3.50. The molecule has 1 aliphatic heterocycles. The average Bonchev–Trinajstić information content (AvgIpc) is 2.03. The Morgan fingerprint density at radius 3 is 2.92 bits per heavy atom. The average molecular weight is 171 g/mol. The number of β-amino-alcohol motifs (C(OH)–C–C–N with tert-alkyl or cyclic N) is 1. The monoisotopic (exact) mass is 171 g/mol. The Balaban J connectivity index is 2.45. The second-order valence-electron chi connectivity index (χ2n) is 3.42. The fraction of sp³-hybridized carbons (Fsp3) is 0.875. The molecule has 0 bridgehead atoms. The van der Waals surface area contributed by atoms with Gasteiger partial charge in [0.15, 0.2) is 0 Å². The predicted molar refractivity (Wildman–Crippen MR) is 48.2 cm³/mol. The molecule has 1 heterocycles. The Morgan fingerprint density at radius 2 is 2.42 bits per heavy atom. The van der Waals surface area contributed by atoms with Gasteiger partial charge in [-0.1, -0.05) is 0 Å². The number of likely N-dealkylation sites (tertiary alicyclic amines) is 1. The third-order valence-corrected chi connectivity index (χ3v) is 2.43. The minimum Gasteiger partial charge on any atom is -0.392 e. The van der Waals surface area contributed by atoms with Crippen molar-refractivity contribution in [2.75, 3.05) is 13.1 Å². The van der Waals surface area contributed by atoms with Crippen LogP contribution < -0.4 is 5.73 Å². The van der Waals surface area contributed by atoms with E-state index in [1.165, 1.54) is 0 Å². The molecule has 4 nitrogen and oxygen atoms in total. The molecule has 0 aliphatic carbocycles. The number of nitrogens with one attached hydrogen (secondary N) is 1. The zero-order valence-electron chi connectivity index (χ0n) is 7.45. The molecule has 0 aromatic rings. The molecule has 1 rings (SSSR count). The van der Waals surface area contributed by atoms with Crippen molar-refractivity contribution in [2.24, 2.45) is 5.73 Å². The first kappa shape index (κ1) is 9.48. The van der Waals surface area contributed by atoms with Gasteiger partial charge in [-0.15, -0.1) is 0 Å². The van der Waals surface area contributed by atoms with Gasteiger partial charge in [0.1, 0.15) is 5.84 Å². The fourth-order valence-corrected chi connectivity index (χ4v) is 1.53. The Hall–Kier alpha value is -0.610. The van der Waals surface area contributed by atoms with E-state index >= 15 is 0 Å². The number of aliphatic hydroxyl groups excluding tert-OH is 1. The standard InChI is InChI=1S/C8H17N3O/c1-6(8(9)10)11-4-2-3-7(12)5-11/h6-7,12H,2-5H2,1H3,(H3,9,10). The molecule has 0 radical (unpaired) electrons. The number of piperidine rings is 1. The lowest BCUT2D eigenvalue weighted by atomic mass is 10.1. The maximum absolute atomic E-state index is 9.36. The van der Waals surface area contributed by atoms with E-state index < -0.39 is 0 Å². The minimum absolute atomic E-state index is 0.0278. The summed E-state index contributed by atoms with van der Waals surface area (Å²) in [6, 6.07) is -0.0278. The van der Waals surface area contributed by atoms with Gasteiger partial charge >= 0.3 is 0 Å². The molecule has 2 unspecified atom stereocenters. The number of amidine groups is 1. The first-order valence-corrected chi connectivity index (χ1v) is 4.37. The summed E-state index contributed by atoms with van der Waals surface area (Å²) in [5, 5.41) is 16.6. The molecule has 1 aliphatic rings. The minimum atomic E-state index is -0.236. The van der Waals surface area contributed by atoms with Crippen LogP contribution >= 0.6 is 0 Å². The smallest absolute Gasteiger partial charge is 0.108 e. The van der Waals surface area contributed by atoms with Crippen LogP contribution in [0.4, 0.5) is 0 Å². The molecule has 4 heteroatoms. The van der Waals surface area contributed by atoms with E-state index in [0.29, 0.717) is 6.54 Å². The van der Waals surface area contributed by atoms with E-state index in [1.807, 2.05) is 6.92 Å². The molecule has 1 saturated heterocycles. The van der Waals surface area contributed by atoms with Crippen LogP contribution in [-0.4, -0.2) is 41.1 Å². The largest absolute Gasteiger partial charge is 0.392 e. The summed E-state index contributed by atoms with van der Waals surface area (Å²) in [6.07, 6.45) is 1.64. The second-order valence-corrected chi connectivity index (χ2v) is 3.42. The summed E-state index contributed by atoms with van der Waals surface area (Å²) in [4.78, 5) is 2.05. The van der Waals surface area contributed by atoms with Gasteiger partial charge in [0.05, 0.1) is 12.1 Å². The first-order valence-electron chi connectivity index (χ1n) is 4.37. The molecule has 2 atom stereocenters. The number of nitrogens with zero attached hydrogens (tertiary/aromatic N) is 1. The van der Waals surface area contributed by atoms with Gasteiger partial charge in [-0.05, 0) is 26.3 Å². The van der Waals surface area contributed by atoms with Gasteiger partial charge in [0.2, 0.25) is 0 Å². The van der Waals surface area contributed by atoms with Crippen LogP contribution in [0.3, 0.4) is 0 Å². The summed E-state index contributed by atoms with van der Waals surface area (Å²) >= 11 is 0. The number of hydrogen-bond acceptors (Lipinski definition) is 3. The lowest BCUT2D eigenvalue weighted by molar-refractivity contribution is 0.0636. The number of rotatable bonds is 2. The fourth-order valence-electron chi connectivity index (χ4n) is 1.53. The van der Waals surface area contributed by atoms with Crippen LogP contribution in [0.25, 0.3) is 0 Å². The van der Waals surface area contributed by atoms with E-state index in [0.717, 1.165) is 19.4 Å². The van der Waals surface area contributed by atoms with Crippen molar-refractivity contribution < 1.29 is 5.11 Å². The van der Waals surface area contributed by atoms with Crippen LogP contribution in [0.1, 0.15) is 19.8 Å². The Bertz CT molecular complexity index is 172. The van der Waals surface area contributed by atoms with Crippen molar-refractivity contribution in [3.8, 4) is 0 Å². The van der Waals surface area contributed by atoms with Gasteiger partial charge in [-0.3, -0.25) is 10.3 Å². The van der Waals surface area contributed by atoms with Gasteiger partial charge < -0.3 is 10.8 Å². The SMILES string of the molecule is CC(C(=N)N)N1CCCC(O)C1. The Morgan fingerprint density at radius 1 is 1.75 bits per heavy atom. The molecule has 0 aromatic carbocycles. The molecule has 4 N–H and O–H groups in total. The topological polar surface area (TPSA) is 73.3 Å². The zero-order chi connectivity index (χ0) is 9.14. The summed E-state index contributed by atoms with van der Waals surface area (Å²) in [7, 11) is 0. The van der Waals surface area contributed by atoms with Gasteiger partial charge in [0.25, 0.3) is 0 Å². The lowest BCUT2D eigenvalue weighted by Gasteiger charge is -2.34. The maximum atomic E-state index is 9.36. The van der Waals surface area contributed by atoms with Crippen LogP contribution in [-0.2, 0) is 0 Å². The van der Waals surface area contributed by atoms with E-state index in [-0.39, 0.29) is 18.0 Å². The van der Waals surface area contributed by atoms with Crippen molar-refractivity contribution in [2.45, 2.75) is 31.9 Å². The van der Waals surface area contributed by atoms with Crippen LogP contribution in [0, 0.1) is 5.41 Å². The highest BCUT2D eigenvalue weighted by molar-refractivity contribution is 5.82. The zero-order valence-corrected chi connectivity index (χ0v) is 7.45. The maximum Gasteiger partial charge on any atom is 0.108 e. The molecule has 0 saturated carbocycles. The highest BCUT2D eigenvalue weighted by Gasteiger charge is 2.22. The van der Waals surface area contributed by atoms with Gasteiger partial charge in [0, 0.05) is 6.54 Å². The van der Waals surface area contributed by atoms with Gasteiger partial charge in [-0.25, -0.2) is 0 Å². The normalized spacial score (nSPS) is 28.3. The molecule has 12 heavy (non-hydrogen) atoms. The molecule has 0 spiro atoms. The van der Waals surface area contributed by atoms with Crippen molar-refractivity contribution in [1.82, 2.24) is 4.90 Å². The molecule has 0 aromatic heterocycles. The Kier molecular flexibility index (Phi) is 3.05. The number of hydrogen-bond donors (Lipinski definition) is 3. The van der Waals surface area contributed by atoms with Gasteiger partial charge in [-0.2, -0.15) is 0 Å². The Labute approximate surface area is 72.9 Å². The van der Waals surface area contributed by atoms with Crippen molar-refractivity contribution >= 4 is 5.84 Å². The van der Waals surface area contributed by atoms with Crippen molar-refractivity contribution in [3.63, 3.8) is 0 Å².